The Morgan fingerprint density at radius 3 is 2.79 bits per heavy atom. The van der Waals surface area contributed by atoms with E-state index in [-0.39, 0.29) is 24.1 Å². The van der Waals surface area contributed by atoms with Crippen molar-refractivity contribution < 1.29 is 14.4 Å². The van der Waals surface area contributed by atoms with Crippen molar-refractivity contribution in [1.29, 1.82) is 0 Å². The Hall–Kier alpha value is -3.35. The Bertz CT molecular complexity index is 1020. The smallest absolute Gasteiger partial charge is 0.255 e. The molecule has 0 radical (unpaired) electrons. The zero-order valence-electron chi connectivity index (χ0n) is 16.0. The number of nitrogens with zero attached hydrogens (tertiary/aromatic N) is 2. The van der Waals surface area contributed by atoms with Gasteiger partial charge in [-0.25, -0.2) is 0 Å². The van der Waals surface area contributed by atoms with Crippen molar-refractivity contribution in [1.82, 2.24) is 10.2 Å². The molecule has 7 heteroatoms. The maximum atomic E-state index is 12.8. The maximum absolute atomic E-state index is 12.8. The first kappa shape index (κ1) is 17.7. The minimum absolute atomic E-state index is 0.131. The number of para-hydroxylation sites is 2. The molecule has 29 heavy (non-hydrogen) atoms. The van der Waals surface area contributed by atoms with Crippen molar-refractivity contribution in [3.63, 3.8) is 0 Å². The highest BCUT2D eigenvalue weighted by atomic mass is 16.2. The summed E-state index contributed by atoms with van der Waals surface area (Å²) >= 11 is 0. The molecular formula is C22H22N4O3. The monoisotopic (exact) mass is 390 g/mol. The van der Waals surface area contributed by atoms with Crippen molar-refractivity contribution >= 4 is 29.1 Å². The van der Waals surface area contributed by atoms with Crippen LogP contribution in [0.25, 0.3) is 0 Å². The van der Waals surface area contributed by atoms with E-state index in [4.69, 9.17) is 0 Å². The SMILES string of the molecule is O=C1CCC(N2Cc3cc(CN4CCNc5ccccc54)ccc3C2=O)C(=O)N1. The number of anilines is 2. The van der Waals surface area contributed by atoms with E-state index < -0.39 is 6.04 Å². The van der Waals surface area contributed by atoms with E-state index in [0.717, 1.165) is 36.4 Å². The van der Waals surface area contributed by atoms with Gasteiger partial charge >= 0.3 is 0 Å². The average molecular weight is 390 g/mol. The number of amides is 3. The lowest BCUT2D eigenvalue weighted by molar-refractivity contribution is -0.136. The Morgan fingerprint density at radius 2 is 1.93 bits per heavy atom. The molecule has 1 atom stereocenters. The van der Waals surface area contributed by atoms with Crippen LogP contribution in [0.1, 0.15) is 34.3 Å². The number of nitrogens with one attached hydrogen (secondary N) is 2. The van der Waals surface area contributed by atoms with Crippen LogP contribution in [0.4, 0.5) is 11.4 Å². The van der Waals surface area contributed by atoms with Crippen molar-refractivity contribution in [2.75, 3.05) is 23.3 Å². The number of carbonyl (C=O) groups is 3. The second kappa shape index (κ2) is 6.92. The summed E-state index contributed by atoms with van der Waals surface area (Å²) in [6.07, 6.45) is 0.652. The summed E-state index contributed by atoms with van der Waals surface area (Å²) in [4.78, 5) is 40.4. The van der Waals surface area contributed by atoms with Gasteiger partial charge in [-0.3, -0.25) is 19.7 Å². The Labute approximate surface area is 168 Å². The molecule has 0 aromatic heterocycles. The van der Waals surface area contributed by atoms with Crippen molar-refractivity contribution in [2.45, 2.75) is 32.0 Å². The molecule has 7 nitrogen and oxygen atoms in total. The fraction of sp³-hybridized carbons (Fsp3) is 0.318. The molecule has 3 amide bonds. The van der Waals surface area contributed by atoms with E-state index in [1.807, 2.05) is 24.3 Å². The summed E-state index contributed by atoms with van der Waals surface area (Å²) in [6, 6.07) is 13.6. The Morgan fingerprint density at radius 1 is 1.07 bits per heavy atom. The van der Waals surface area contributed by atoms with Crippen LogP contribution in [0.3, 0.4) is 0 Å². The van der Waals surface area contributed by atoms with E-state index in [9.17, 15) is 14.4 Å². The number of fused-ring (bicyclic) bond motifs is 2. The van der Waals surface area contributed by atoms with Crippen LogP contribution in [-0.2, 0) is 22.7 Å². The number of hydrogen-bond acceptors (Lipinski definition) is 5. The molecule has 1 fully saturated rings. The molecule has 0 bridgehead atoms. The minimum Gasteiger partial charge on any atom is -0.382 e. The quantitative estimate of drug-likeness (QED) is 0.782. The topological polar surface area (TPSA) is 81.8 Å². The molecule has 148 valence electrons. The van der Waals surface area contributed by atoms with E-state index in [0.29, 0.717) is 18.5 Å². The molecule has 3 heterocycles. The average Bonchev–Trinajstić information content (AvgIpc) is 3.04. The molecular weight excluding hydrogens is 368 g/mol. The molecule has 5 rings (SSSR count). The first-order valence-corrected chi connectivity index (χ1v) is 9.94. The predicted molar refractivity (Wildman–Crippen MR) is 108 cm³/mol. The number of imide groups is 1. The van der Waals surface area contributed by atoms with Crippen LogP contribution in [0.15, 0.2) is 42.5 Å². The molecule has 0 saturated carbocycles. The standard InChI is InChI=1S/C22H22N4O3/c27-20-8-7-19(21(28)24-20)26-13-15-11-14(5-6-16(15)22(26)29)12-25-10-9-23-17-3-1-2-4-18(17)25/h1-6,11,19,23H,7-10,12-13H2,(H,24,27,28). The van der Waals surface area contributed by atoms with Gasteiger partial charge in [0, 0.05) is 38.2 Å². The molecule has 0 aliphatic carbocycles. The van der Waals surface area contributed by atoms with Gasteiger partial charge in [0.1, 0.15) is 6.04 Å². The largest absolute Gasteiger partial charge is 0.382 e. The van der Waals surface area contributed by atoms with E-state index in [1.165, 1.54) is 5.69 Å². The highest BCUT2D eigenvalue weighted by Crippen LogP contribution is 2.32. The van der Waals surface area contributed by atoms with Crippen LogP contribution in [0.5, 0.6) is 0 Å². The van der Waals surface area contributed by atoms with Crippen LogP contribution < -0.4 is 15.5 Å². The lowest BCUT2D eigenvalue weighted by atomic mass is 10.0. The number of hydrogen-bond donors (Lipinski definition) is 2. The van der Waals surface area contributed by atoms with E-state index in [2.05, 4.69) is 33.7 Å². The van der Waals surface area contributed by atoms with Crippen molar-refractivity contribution in [3.05, 3.63) is 59.2 Å². The summed E-state index contributed by atoms with van der Waals surface area (Å²) in [5.74, 6) is -0.775. The van der Waals surface area contributed by atoms with Crippen molar-refractivity contribution in [2.24, 2.45) is 0 Å². The van der Waals surface area contributed by atoms with Gasteiger partial charge in [-0.2, -0.15) is 0 Å². The fourth-order valence-electron chi connectivity index (χ4n) is 4.46. The van der Waals surface area contributed by atoms with Gasteiger partial charge in [-0.1, -0.05) is 24.3 Å². The molecule has 2 aromatic carbocycles. The first-order chi connectivity index (χ1) is 14.1. The van der Waals surface area contributed by atoms with Crippen LogP contribution in [-0.4, -0.2) is 41.8 Å². The summed E-state index contributed by atoms with van der Waals surface area (Å²) in [5, 5.41) is 5.76. The zero-order valence-corrected chi connectivity index (χ0v) is 16.0. The van der Waals surface area contributed by atoms with Crippen LogP contribution in [0.2, 0.25) is 0 Å². The Balaban J connectivity index is 1.36. The van der Waals surface area contributed by atoms with Gasteiger partial charge in [0.2, 0.25) is 11.8 Å². The lowest BCUT2D eigenvalue weighted by Gasteiger charge is -2.32. The molecule has 3 aliphatic heterocycles. The second-order valence-corrected chi connectivity index (χ2v) is 7.76. The molecule has 2 aromatic rings. The predicted octanol–water partition coefficient (Wildman–Crippen LogP) is 1.88. The van der Waals surface area contributed by atoms with Crippen LogP contribution >= 0.6 is 0 Å². The van der Waals surface area contributed by atoms with Gasteiger partial charge in [-0.15, -0.1) is 0 Å². The lowest BCUT2D eigenvalue weighted by Crippen LogP contribution is -2.52. The number of rotatable bonds is 3. The van der Waals surface area contributed by atoms with Gasteiger partial charge in [0.25, 0.3) is 5.91 Å². The molecule has 1 unspecified atom stereocenters. The number of benzene rings is 2. The summed E-state index contributed by atoms with van der Waals surface area (Å²) < 4.78 is 0. The van der Waals surface area contributed by atoms with Gasteiger partial charge < -0.3 is 15.1 Å². The maximum Gasteiger partial charge on any atom is 0.255 e. The number of carbonyl (C=O) groups excluding carboxylic acids is 3. The second-order valence-electron chi connectivity index (χ2n) is 7.76. The van der Waals surface area contributed by atoms with E-state index >= 15 is 0 Å². The highest BCUT2D eigenvalue weighted by Gasteiger charge is 2.39. The third-order valence-electron chi connectivity index (χ3n) is 5.90. The molecule has 3 aliphatic rings. The molecule has 0 spiro atoms. The minimum atomic E-state index is -0.573. The molecule has 2 N–H and O–H groups in total. The Kier molecular flexibility index (Phi) is 4.23. The highest BCUT2D eigenvalue weighted by molar-refractivity contribution is 6.05. The fourth-order valence-corrected chi connectivity index (χ4v) is 4.46. The normalized spacial score (nSPS) is 20.8. The zero-order chi connectivity index (χ0) is 20.0. The van der Waals surface area contributed by atoms with Gasteiger partial charge in [-0.05, 0) is 35.7 Å². The molecule has 1 saturated heterocycles. The summed E-state index contributed by atoms with van der Waals surface area (Å²) in [5.41, 5.74) is 5.05. The van der Waals surface area contributed by atoms with E-state index in [1.54, 1.807) is 4.90 Å². The number of piperidine rings is 1. The first-order valence-electron chi connectivity index (χ1n) is 9.94. The summed E-state index contributed by atoms with van der Waals surface area (Å²) in [7, 11) is 0. The summed E-state index contributed by atoms with van der Waals surface area (Å²) in [6.45, 7) is 2.98. The third-order valence-corrected chi connectivity index (χ3v) is 5.90. The van der Waals surface area contributed by atoms with Crippen molar-refractivity contribution in [3.8, 4) is 0 Å². The third kappa shape index (κ3) is 3.12. The van der Waals surface area contributed by atoms with Gasteiger partial charge in [0.05, 0.1) is 11.4 Å². The van der Waals surface area contributed by atoms with Crippen LogP contribution in [0, 0.1) is 0 Å². The van der Waals surface area contributed by atoms with Gasteiger partial charge in [0.15, 0.2) is 0 Å².